The maximum absolute atomic E-state index is 5.98. The van der Waals surface area contributed by atoms with E-state index in [9.17, 15) is 0 Å². The first-order chi connectivity index (χ1) is 6.38. The van der Waals surface area contributed by atoms with Crippen LogP contribution in [0.2, 0.25) is 10.0 Å². The Morgan fingerprint density at radius 3 is 2.36 bits per heavy atom. The van der Waals surface area contributed by atoms with Crippen LogP contribution in [0, 0.1) is 0 Å². The Balaban J connectivity index is 2.93. The second-order valence-electron chi connectivity index (χ2n) is 4.09. The molecule has 0 aromatic heterocycles. The second kappa shape index (κ2) is 4.33. The van der Waals surface area contributed by atoms with Crippen LogP contribution in [0.3, 0.4) is 0 Å². The molecule has 0 spiro atoms. The van der Waals surface area contributed by atoms with Crippen LogP contribution in [-0.2, 0) is 0 Å². The van der Waals surface area contributed by atoms with E-state index in [4.69, 9.17) is 23.2 Å². The fourth-order valence-corrected chi connectivity index (χ4v) is 1.33. The van der Waals surface area contributed by atoms with Gasteiger partial charge in [0, 0.05) is 16.8 Å². The number of halogens is 2. The van der Waals surface area contributed by atoms with Crippen molar-refractivity contribution in [1.82, 2.24) is 0 Å². The highest BCUT2D eigenvalue weighted by atomic mass is 35.5. The molecule has 1 aromatic carbocycles. The smallest absolute Gasteiger partial charge is 0.0524 e. The quantitative estimate of drug-likeness (QED) is 0.641. The van der Waals surface area contributed by atoms with E-state index in [1.165, 1.54) is 0 Å². The third kappa shape index (κ3) is 3.69. The molecule has 0 saturated carbocycles. The van der Waals surface area contributed by atoms with Gasteiger partial charge in [-0.2, -0.15) is 0 Å². The van der Waals surface area contributed by atoms with Crippen LogP contribution in [0.4, 0.5) is 0 Å². The molecule has 0 fully saturated rings. The van der Waals surface area contributed by atoms with Crippen LogP contribution in [0.15, 0.2) is 23.2 Å². The predicted molar refractivity (Wildman–Crippen MR) is 63.8 cm³/mol. The van der Waals surface area contributed by atoms with Crippen LogP contribution in [0.25, 0.3) is 0 Å². The SMILES string of the molecule is CC(C)(C)N=Cc1ccc(Cl)cc1Cl. The van der Waals surface area contributed by atoms with E-state index in [1.54, 1.807) is 18.3 Å². The summed E-state index contributed by atoms with van der Waals surface area (Å²) in [5.41, 5.74) is 0.814. The number of hydrogen-bond donors (Lipinski definition) is 0. The molecule has 0 radical (unpaired) electrons. The molecule has 14 heavy (non-hydrogen) atoms. The number of hydrogen-bond acceptors (Lipinski definition) is 1. The first-order valence-corrected chi connectivity index (χ1v) is 5.14. The Kier molecular flexibility index (Phi) is 3.57. The number of aliphatic imine (C=N–C) groups is 1. The molecule has 0 aliphatic rings. The number of rotatable bonds is 1. The van der Waals surface area contributed by atoms with Gasteiger partial charge in [-0.05, 0) is 32.9 Å². The van der Waals surface area contributed by atoms with E-state index in [0.29, 0.717) is 10.0 Å². The van der Waals surface area contributed by atoms with E-state index in [-0.39, 0.29) is 5.54 Å². The van der Waals surface area contributed by atoms with Crippen LogP contribution in [0.5, 0.6) is 0 Å². The Bertz CT molecular complexity index is 351. The van der Waals surface area contributed by atoms with Gasteiger partial charge >= 0.3 is 0 Å². The first-order valence-electron chi connectivity index (χ1n) is 4.39. The molecule has 0 N–H and O–H groups in total. The van der Waals surface area contributed by atoms with Crippen molar-refractivity contribution in [2.75, 3.05) is 0 Å². The summed E-state index contributed by atoms with van der Waals surface area (Å²) in [4.78, 5) is 4.36. The molecular weight excluding hydrogens is 217 g/mol. The fourth-order valence-electron chi connectivity index (χ4n) is 0.869. The lowest BCUT2D eigenvalue weighted by Crippen LogP contribution is -2.09. The van der Waals surface area contributed by atoms with Gasteiger partial charge in [0.05, 0.1) is 10.6 Å². The molecule has 0 unspecified atom stereocenters. The van der Waals surface area contributed by atoms with Crippen molar-refractivity contribution in [3.8, 4) is 0 Å². The normalized spacial score (nSPS) is 12.4. The van der Waals surface area contributed by atoms with Crippen LogP contribution < -0.4 is 0 Å². The fraction of sp³-hybridized carbons (Fsp3) is 0.364. The highest BCUT2D eigenvalue weighted by Gasteiger charge is 2.05. The van der Waals surface area contributed by atoms with Gasteiger partial charge in [-0.15, -0.1) is 0 Å². The van der Waals surface area contributed by atoms with Gasteiger partial charge in [0.2, 0.25) is 0 Å². The minimum Gasteiger partial charge on any atom is -0.287 e. The first kappa shape index (κ1) is 11.5. The zero-order valence-corrected chi connectivity index (χ0v) is 10.0. The lowest BCUT2D eigenvalue weighted by molar-refractivity contribution is 0.586. The van der Waals surface area contributed by atoms with Gasteiger partial charge in [0.15, 0.2) is 0 Å². The summed E-state index contributed by atoms with van der Waals surface area (Å²) in [5.74, 6) is 0. The minimum atomic E-state index is -0.0804. The molecule has 1 nitrogen and oxygen atoms in total. The molecule has 0 aliphatic heterocycles. The average molecular weight is 230 g/mol. The standard InChI is InChI=1S/C11H13Cl2N/c1-11(2,3)14-7-8-4-5-9(12)6-10(8)13/h4-7H,1-3H3. The molecule has 3 heteroatoms. The Morgan fingerprint density at radius 1 is 1.21 bits per heavy atom. The number of nitrogens with zero attached hydrogens (tertiary/aromatic N) is 1. The highest BCUT2D eigenvalue weighted by Crippen LogP contribution is 2.20. The van der Waals surface area contributed by atoms with Crippen LogP contribution in [0.1, 0.15) is 26.3 Å². The van der Waals surface area contributed by atoms with E-state index in [0.717, 1.165) is 5.56 Å². The summed E-state index contributed by atoms with van der Waals surface area (Å²) in [6, 6.07) is 5.38. The zero-order valence-electron chi connectivity index (χ0n) is 8.51. The molecule has 0 heterocycles. The zero-order chi connectivity index (χ0) is 10.8. The van der Waals surface area contributed by atoms with Crippen molar-refractivity contribution in [1.29, 1.82) is 0 Å². The molecule has 0 atom stereocenters. The van der Waals surface area contributed by atoms with E-state index in [1.807, 2.05) is 26.8 Å². The third-order valence-electron chi connectivity index (χ3n) is 1.55. The highest BCUT2D eigenvalue weighted by molar-refractivity contribution is 6.36. The van der Waals surface area contributed by atoms with Gasteiger partial charge in [-0.25, -0.2) is 0 Å². The van der Waals surface area contributed by atoms with Gasteiger partial charge in [-0.1, -0.05) is 29.3 Å². The van der Waals surface area contributed by atoms with E-state index < -0.39 is 0 Å². The molecule has 76 valence electrons. The van der Waals surface area contributed by atoms with Crippen LogP contribution >= 0.6 is 23.2 Å². The van der Waals surface area contributed by atoms with Crippen molar-refractivity contribution >= 4 is 29.4 Å². The molecule has 0 amide bonds. The average Bonchev–Trinajstić information content (AvgIpc) is 2.00. The Labute approximate surface area is 94.8 Å². The van der Waals surface area contributed by atoms with Gasteiger partial charge in [0.1, 0.15) is 0 Å². The summed E-state index contributed by atoms with van der Waals surface area (Å²) in [6.07, 6.45) is 1.78. The molecule has 1 rings (SSSR count). The van der Waals surface area contributed by atoms with E-state index >= 15 is 0 Å². The molecule has 0 bridgehead atoms. The summed E-state index contributed by atoms with van der Waals surface area (Å²) in [7, 11) is 0. The van der Waals surface area contributed by atoms with Crippen LogP contribution in [-0.4, -0.2) is 11.8 Å². The van der Waals surface area contributed by atoms with Crippen molar-refractivity contribution in [3.05, 3.63) is 33.8 Å². The summed E-state index contributed by atoms with van der Waals surface area (Å²) in [6.45, 7) is 6.11. The molecule has 1 aromatic rings. The third-order valence-corrected chi connectivity index (χ3v) is 2.12. The topological polar surface area (TPSA) is 12.4 Å². The van der Waals surface area contributed by atoms with Crippen molar-refractivity contribution in [3.63, 3.8) is 0 Å². The molecule has 0 aliphatic carbocycles. The Hall–Kier alpha value is -0.530. The van der Waals surface area contributed by atoms with E-state index in [2.05, 4.69) is 4.99 Å². The van der Waals surface area contributed by atoms with Gasteiger partial charge < -0.3 is 0 Å². The van der Waals surface area contributed by atoms with Crippen molar-refractivity contribution in [2.45, 2.75) is 26.3 Å². The summed E-state index contributed by atoms with van der Waals surface area (Å²) < 4.78 is 0. The lowest BCUT2D eigenvalue weighted by Gasteiger charge is -2.11. The van der Waals surface area contributed by atoms with Gasteiger partial charge in [-0.3, -0.25) is 4.99 Å². The summed E-state index contributed by atoms with van der Waals surface area (Å²) >= 11 is 11.8. The monoisotopic (exact) mass is 229 g/mol. The van der Waals surface area contributed by atoms with Crippen molar-refractivity contribution < 1.29 is 0 Å². The maximum atomic E-state index is 5.98. The number of benzene rings is 1. The summed E-state index contributed by atoms with van der Waals surface area (Å²) in [5, 5.41) is 1.27. The van der Waals surface area contributed by atoms with Gasteiger partial charge in [0.25, 0.3) is 0 Å². The largest absolute Gasteiger partial charge is 0.287 e. The van der Waals surface area contributed by atoms with Crippen molar-refractivity contribution in [2.24, 2.45) is 4.99 Å². The second-order valence-corrected chi connectivity index (χ2v) is 4.94. The molecule has 0 saturated heterocycles. The molecular formula is C11H13Cl2N. The maximum Gasteiger partial charge on any atom is 0.0524 e. The lowest BCUT2D eigenvalue weighted by atomic mass is 10.1. The minimum absolute atomic E-state index is 0.0804. The predicted octanol–water partition coefficient (Wildman–Crippen LogP) is 4.21. The Morgan fingerprint density at radius 2 is 1.86 bits per heavy atom.